The van der Waals surface area contributed by atoms with E-state index in [1.54, 1.807) is 0 Å². The second kappa shape index (κ2) is 14.1. The Labute approximate surface area is 200 Å². The summed E-state index contributed by atoms with van der Waals surface area (Å²) in [6, 6.07) is 18.4. The summed E-state index contributed by atoms with van der Waals surface area (Å²) in [6.45, 7) is 5.37. The van der Waals surface area contributed by atoms with Crippen LogP contribution in [0.25, 0.3) is 0 Å². The molecule has 2 atom stereocenters. The van der Waals surface area contributed by atoms with Crippen molar-refractivity contribution in [1.29, 1.82) is 0 Å². The van der Waals surface area contributed by atoms with E-state index in [9.17, 15) is 4.79 Å². The summed E-state index contributed by atoms with van der Waals surface area (Å²) in [4.78, 5) is 13.3. The van der Waals surface area contributed by atoms with Crippen LogP contribution in [0.4, 0.5) is 0 Å². The van der Waals surface area contributed by atoms with Gasteiger partial charge in [0.15, 0.2) is 5.78 Å². The van der Waals surface area contributed by atoms with Gasteiger partial charge in [0, 0.05) is 18.6 Å². The Morgan fingerprint density at radius 3 is 2.58 bits per heavy atom. The topological polar surface area (TPSA) is 38.3 Å². The number of carbonyl (C=O) groups is 1. The van der Waals surface area contributed by atoms with Crippen LogP contribution < -0.4 is 5.32 Å². The number of hydrogen-bond donors (Lipinski definition) is 1. The molecule has 1 saturated carbocycles. The third-order valence-corrected chi connectivity index (χ3v) is 6.81. The highest BCUT2D eigenvalue weighted by Gasteiger charge is 2.22. The lowest BCUT2D eigenvalue weighted by Crippen LogP contribution is -2.25. The fourth-order valence-electron chi connectivity index (χ4n) is 5.12. The van der Waals surface area contributed by atoms with Gasteiger partial charge in [0.05, 0.1) is 0 Å². The number of unbranched alkanes of at least 4 members (excludes halogenated alkanes) is 1. The molecule has 1 aliphatic rings. The molecule has 3 rings (SSSR count). The lowest BCUT2D eigenvalue weighted by Gasteiger charge is -2.26. The molecule has 3 nitrogen and oxygen atoms in total. The molecule has 0 unspecified atom stereocenters. The van der Waals surface area contributed by atoms with Crippen LogP contribution in [0.2, 0.25) is 0 Å². The van der Waals surface area contributed by atoms with Gasteiger partial charge in [-0.2, -0.15) is 0 Å². The fourth-order valence-corrected chi connectivity index (χ4v) is 5.12. The summed E-state index contributed by atoms with van der Waals surface area (Å²) in [5.41, 5.74) is 2.96. The van der Waals surface area contributed by atoms with Crippen molar-refractivity contribution in [2.75, 3.05) is 20.2 Å². The van der Waals surface area contributed by atoms with E-state index < -0.39 is 0 Å². The van der Waals surface area contributed by atoms with Gasteiger partial charge in [0.1, 0.15) is 6.10 Å². The predicted octanol–water partition coefficient (Wildman–Crippen LogP) is 7.14. The lowest BCUT2D eigenvalue weighted by atomic mass is 9.81. The first-order chi connectivity index (χ1) is 16.2. The van der Waals surface area contributed by atoms with Gasteiger partial charge in [0.25, 0.3) is 0 Å². The summed E-state index contributed by atoms with van der Waals surface area (Å²) < 4.78 is 6.30. The Balaban J connectivity index is 1.71. The van der Waals surface area contributed by atoms with Gasteiger partial charge in [-0.05, 0) is 61.9 Å². The molecule has 0 saturated heterocycles. The van der Waals surface area contributed by atoms with Crippen molar-refractivity contribution in [2.24, 2.45) is 11.8 Å². The monoisotopic (exact) mass is 447 g/mol. The summed E-state index contributed by atoms with van der Waals surface area (Å²) in [7, 11) is 1.99. The van der Waals surface area contributed by atoms with Crippen LogP contribution >= 0.6 is 0 Å². The van der Waals surface area contributed by atoms with E-state index in [0.29, 0.717) is 18.9 Å². The largest absolute Gasteiger partial charge is 0.369 e. The van der Waals surface area contributed by atoms with Gasteiger partial charge < -0.3 is 10.1 Å². The van der Waals surface area contributed by atoms with Crippen LogP contribution in [0.5, 0.6) is 0 Å². The SMILES string of the molecule is C=CCCCO[C@@H](c1ccccc1)c1cccc(C(=O)C[C@H](CNC)CC2CCCCC2)c1. The molecule has 0 aromatic heterocycles. The van der Waals surface area contributed by atoms with E-state index >= 15 is 0 Å². The molecular formula is C30H41NO2. The summed E-state index contributed by atoms with van der Waals surface area (Å²) in [5, 5.41) is 3.32. The van der Waals surface area contributed by atoms with Gasteiger partial charge >= 0.3 is 0 Å². The Bertz CT molecular complexity index is 841. The standard InChI is InChI=1S/C30H41NO2/c1-3-4-11-19-33-30(26-15-9-6-10-16-26)28-18-12-17-27(22-28)29(32)21-25(23-31-2)20-24-13-7-5-8-14-24/h3,6,9-10,12,15-18,22,24-25,30-31H,1,4-5,7-8,11,13-14,19-21,23H2,2H3/t25-,30+/m1/s1. The van der Waals surface area contributed by atoms with E-state index in [4.69, 9.17) is 4.74 Å². The van der Waals surface area contributed by atoms with Crippen LogP contribution in [0.1, 0.15) is 85.4 Å². The lowest BCUT2D eigenvalue weighted by molar-refractivity contribution is 0.0786. The Kier molecular flexibility index (Phi) is 10.9. The molecule has 2 aromatic carbocycles. The predicted molar refractivity (Wildman–Crippen MR) is 138 cm³/mol. The normalized spacial score (nSPS) is 16.3. The minimum absolute atomic E-state index is 0.167. The molecule has 178 valence electrons. The Hall–Kier alpha value is -2.23. The highest BCUT2D eigenvalue weighted by atomic mass is 16.5. The van der Waals surface area contributed by atoms with Gasteiger partial charge in [-0.25, -0.2) is 0 Å². The highest BCUT2D eigenvalue weighted by Crippen LogP contribution is 2.31. The molecule has 0 radical (unpaired) electrons. The third-order valence-electron chi connectivity index (χ3n) is 6.81. The van der Waals surface area contributed by atoms with Crippen molar-refractivity contribution in [3.05, 3.63) is 83.9 Å². The van der Waals surface area contributed by atoms with Crippen molar-refractivity contribution in [2.45, 2.75) is 63.9 Å². The summed E-state index contributed by atoms with van der Waals surface area (Å²) >= 11 is 0. The molecule has 1 N–H and O–H groups in total. The molecule has 0 heterocycles. The van der Waals surface area contributed by atoms with Crippen LogP contribution in [-0.4, -0.2) is 26.0 Å². The maximum absolute atomic E-state index is 13.3. The van der Waals surface area contributed by atoms with Gasteiger partial charge in [-0.3, -0.25) is 4.79 Å². The molecule has 0 spiro atoms. The number of benzene rings is 2. The number of ketones is 1. The molecule has 0 amide bonds. The zero-order valence-corrected chi connectivity index (χ0v) is 20.3. The molecule has 1 fully saturated rings. The molecule has 0 bridgehead atoms. The van der Waals surface area contributed by atoms with E-state index in [2.05, 4.69) is 30.1 Å². The summed E-state index contributed by atoms with van der Waals surface area (Å²) in [6.07, 6.45) is 12.1. The minimum Gasteiger partial charge on any atom is -0.369 e. The average molecular weight is 448 g/mol. The zero-order chi connectivity index (χ0) is 23.3. The first-order valence-electron chi connectivity index (χ1n) is 12.8. The first-order valence-corrected chi connectivity index (χ1v) is 12.8. The molecule has 2 aromatic rings. The number of ether oxygens (including phenoxy) is 1. The zero-order valence-electron chi connectivity index (χ0n) is 20.3. The summed E-state index contributed by atoms with van der Waals surface area (Å²) in [5.74, 6) is 1.42. The van der Waals surface area contributed by atoms with E-state index in [0.717, 1.165) is 48.4 Å². The fraction of sp³-hybridized carbons (Fsp3) is 0.500. The van der Waals surface area contributed by atoms with Crippen molar-refractivity contribution in [3.8, 4) is 0 Å². The smallest absolute Gasteiger partial charge is 0.163 e. The molecule has 1 aliphatic carbocycles. The van der Waals surface area contributed by atoms with Crippen molar-refractivity contribution < 1.29 is 9.53 Å². The number of Topliss-reactive ketones (excluding diaryl/α,β-unsaturated/α-hetero) is 1. The van der Waals surface area contributed by atoms with Gasteiger partial charge in [-0.1, -0.05) is 86.7 Å². The van der Waals surface area contributed by atoms with Gasteiger partial charge in [-0.15, -0.1) is 6.58 Å². The average Bonchev–Trinajstić information content (AvgIpc) is 2.85. The second-order valence-corrected chi connectivity index (χ2v) is 9.51. The maximum Gasteiger partial charge on any atom is 0.163 e. The van der Waals surface area contributed by atoms with E-state index in [1.165, 1.54) is 32.1 Å². The number of hydrogen-bond acceptors (Lipinski definition) is 3. The van der Waals surface area contributed by atoms with E-state index in [1.807, 2.05) is 49.5 Å². The first kappa shape index (κ1) is 25.4. The van der Waals surface area contributed by atoms with Crippen molar-refractivity contribution in [1.82, 2.24) is 5.32 Å². The highest BCUT2D eigenvalue weighted by molar-refractivity contribution is 5.96. The van der Waals surface area contributed by atoms with Crippen LogP contribution in [-0.2, 0) is 4.74 Å². The molecule has 33 heavy (non-hydrogen) atoms. The molecular weight excluding hydrogens is 406 g/mol. The maximum atomic E-state index is 13.3. The Morgan fingerprint density at radius 2 is 1.85 bits per heavy atom. The molecule has 0 aliphatic heterocycles. The third kappa shape index (κ3) is 8.24. The second-order valence-electron chi connectivity index (χ2n) is 9.51. The van der Waals surface area contributed by atoms with Crippen LogP contribution in [0.15, 0.2) is 67.3 Å². The quantitative estimate of drug-likeness (QED) is 0.190. The van der Waals surface area contributed by atoms with E-state index in [-0.39, 0.29) is 11.9 Å². The number of carbonyl (C=O) groups excluding carboxylic acids is 1. The Morgan fingerprint density at radius 1 is 1.09 bits per heavy atom. The molecule has 3 heteroatoms. The van der Waals surface area contributed by atoms with Crippen molar-refractivity contribution >= 4 is 5.78 Å². The number of allylic oxidation sites excluding steroid dienone is 1. The van der Waals surface area contributed by atoms with Crippen molar-refractivity contribution in [3.63, 3.8) is 0 Å². The minimum atomic E-state index is -0.167. The number of rotatable bonds is 14. The van der Waals surface area contributed by atoms with Crippen LogP contribution in [0, 0.1) is 11.8 Å². The van der Waals surface area contributed by atoms with Gasteiger partial charge in [0.2, 0.25) is 0 Å². The van der Waals surface area contributed by atoms with Crippen LogP contribution in [0.3, 0.4) is 0 Å². The number of nitrogens with one attached hydrogen (secondary N) is 1.